The third-order valence-electron chi connectivity index (χ3n) is 14.4. The molecular weight excluding hydrogens is 841 g/mol. The van der Waals surface area contributed by atoms with Gasteiger partial charge < -0.3 is 14.2 Å². The summed E-state index contributed by atoms with van der Waals surface area (Å²) in [6.45, 7) is 6.71. The van der Waals surface area contributed by atoms with Crippen molar-refractivity contribution >= 4 is 17.9 Å². The molecule has 0 fully saturated rings. The monoisotopic (exact) mass is 961 g/mol. The van der Waals surface area contributed by atoms with Gasteiger partial charge in [0.25, 0.3) is 0 Å². The van der Waals surface area contributed by atoms with Crippen molar-refractivity contribution in [1.29, 1.82) is 0 Å². The van der Waals surface area contributed by atoms with Crippen molar-refractivity contribution < 1.29 is 28.6 Å². The fourth-order valence-electron chi connectivity index (χ4n) is 9.68. The van der Waals surface area contributed by atoms with Gasteiger partial charge >= 0.3 is 17.9 Å². The first-order chi connectivity index (χ1) is 33.5. The van der Waals surface area contributed by atoms with Gasteiger partial charge in [0.2, 0.25) is 0 Å². The van der Waals surface area contributed by atoms with Crippen LogP contribution in [0.5, 0.6) is 0 Å². The van der Waals surface area contributed by atoms with Crippen molar-refractivity contribution in [3.8, 4) is 0 Å². The van der Waals surface area contributed by atoms with E-state index in [-0.39, 0.29) is 31.1 Å². The average molecular weight is 962 g/mol. The highest BCUT2D eigenvalue weighted by Crippen LogP contribution is 2.18. The molecule has 0 aliphatic carbocycles. The van der Waals surface area contributed by atoms with E-state index in [1.165, 1.54) is 263 Å². The standard InChI is InChI=1S/C62H120O6/c1-4-7-10-13-16-19-22-25-27-28-29-30-31-32-33-34-36-37-40-43-46-49-52-55-61(64)67-58-59(57-66-60(63)54-51-48-45-42-39-24-21-18-15-12-9-6-3)68-62(65)56-53-50-47-44-41-38-35-26-23-20-17-14-11-8-5-2/h59H,4-58H2,1-3H3. The van der Waals surface area contributed by atoms with Crippen molar-refractivity contribution in [3.63, 3.8) is 0 Å². The summed E-state index contributed by atoms with van der Waals surface area (Å²) in [6, 6.07) is 0. The second-order valence-corrected chi connectivity index (χ2v) is 21.3. The van der Waals surface area contributed by atoms with Crippen molar-refractivity contribution in [3.05, 3.63) is 0 Å². The lowest BCUT2D eigenvalue weighted by Crippen LogP contribution is -2.30. The smallest absolute Gasteiger partial charge is 0.306 e. The predicted octanol–water partition coefficient (Wildman–Crippen LogP) is 20.7. The minimum absolute atomic E-state index is 0.0608. The maximum atomic E-state index is 12.9. The molecule has 6 nitrogen and oxygen atoms in total. The second kappa shape index (κ2) is 58.0. The van der Waals surface area contributed by atoms with E-state index < -0.39 is 6.10 Å². The van der Waals surface area contributed by atoms with Crippen LogP contribution in [0.25, 0.3) is 0 Å². The van der Waals surface area contributed by atoms with Crippen LogP contribution in [-0.4, -0.2) is 37.2 Å². The molecule has 6 heteroatoms. The Morgan fingerprint density at radius 3 is 0.588 bits per heavy atom. The largest absolute Gasteiger partial charge is 0.462 e. The summed E-state index contributed by atoms with van der Waals surface area (Å²) in [4.78, 5) is 38.2. The molecule has 0 radical (unpaired) electrons. The number of hydrogen-bond acceptors (Lipinski definition) is 6. The Bertz CT molecular complexity index is 1010. The molecule has 0 aromatic rings. The quantitative estimate of drug-likeness (QED) is 0.0343. The van der Waals surface area contributed by atoms with Crippen LogP contribution in [0.2, 0.25) is 0 Å². The van der Waals surface area contributed by atoms with E-state index >= 15 is 0 Å². The molecule has 0 aromatic carbocycles. The lowest BCUT2D eigenvalue weighted by atomic mass is 10.0. The molecule has 404 valence electrons. The van der Waals surface area contributed by atoms with Crippen LogP contribution in [0.1, 0.15) is 361 Å². The Morgan fingerprint density at radius 1 is 0.235 bits per heavy atom. The van der Waals surface area contributed by atoms with E-state index in [0.29, 0.717) is 19.3 Å². The third kappa shape index (κ3) is 55.3. The molecule has 0 rings (SSSR count). The highest BCUT2D eigenvalue weighted by atomic mass is 16.6. The Morgan fingerprint density at radius 2 is 0.397 bits per heavy atom. The topological polar surface area (TPSA) is 78.9 Å². The number of hydrogen-bond donors (Lipinski definition) is 0. The van der Waals surface area contributed by atoms with Crippen molar-refractivity contribution in [1.82, 2.24) is 0 Å². The number of ether oxygens (including phenoxy) is 3. The lowest BCUT2D eigenvalue weighted by Gasteiger charge is -2.18. The Balaban J connectivity index is 4.19. The Labute approximate surface area is 425 Å². The predicted molar refractivity (Wildman–Crippen MR) is 294 cm³/mol. The van der Waals surface area contributed by atoms with Gasteiger partial charge in [-0.25, -0.2) is 0 Å². The summed E-state index contributed by atoms with van der Waals surface area (Å²) in [5.74, 6) is -0.829. The summed E-state index contributed by atoms with van der Waals surface area (Å²) in [5.41, 5.74) is 0. The molecule has 0 spiro atoms. The van der Waals surface area contributed by atoms with Gasteiger partial charge in [0.05, 0.1) is 0 Å². The first-order valence-corrected chi connectivity index (χ1v) is 31.0. The van der Waals surface area contributed by atoms with E-state index in [4.69, 9.17) is 14.2 Å². The maximum Gasteiger partial charge on any atom is 0.306 e. The Hall–Kier alpha value is -1.59. The summed E-state index contributed by atoms with van der Waals surface area (Å²) < 4.78 is 16.9. The highest BCUT2D eigenvalue weighted by Gasteiger charge is 2.19. The third-order valence-corrected chi connectivity index (χ3v) is 14.4. The minimum atomic E-state index is -0.761. The van der Waals surface area contributed by atoms with Crippen LogP contribution in [0.15, 0.2) is 0 Å². The van der Waals surface area contributed by atoms with E-state index in [9.17, 15) is 14.4 Å². The molecule has 0 aliphatic heterocycles. The van der Waals surface area contributed by atoms with Gasteiger partial charge in [-0.15, -0.1) is 0 Å². The van der Waals surface area contributed by atoms with Crippen molar-refractivity contribution in [2.75, 3.05) is 13.2 Å². The molecule has 0 aromatic heterocycles. The second-order valence-electron chi connectivity index (χ2n) is 21.3. The van der Waals surface area contributed by atoms with Gasteiger partial charge in [-0.3, -0.25) is 14.4 Å². The zero-order valence-electron chi connectivity index (χ0n) is 46.4. The molecule has 68 heavy (non-hydrogen) atoms. The van der Waals surface area contributed by atoms with Gasteiger partial charge in [-0.2, -0.15) is 0 Å². The van der Waals surface area contributed by atoms with Crippen LogP contribution in [0.4, 0.5) is 0 Å². The molecule has 0 saturated heterocycles. The fraction of sp³-hybridized carbons (Fsp3) is 0.952. The van der Waals surface area contributed by atoms with Crippen molar-refractivity contribution in [2.45, 2.75) is 367 Å². The SMILES string of the molecule is CCCCCCCCCCCCCCCCCCCCCCCCCC(=O)OCC(COC(=O)CCCCCCCCCCCCCC)OC(=O)CCCCCCCCCCCCCCCCC. The van der Waals surface area contributed by atoms with Gasteiger partial charge in [0.1, 0.15) is 13.2 Å². The summed E-state index contributed by atoms with van der Waals surface area (Å²) >= 11 is 0. The van der Waals surface area contributed by atoms with E-state index in [1.54, 1.807) is 0 Å². The molecular formula is C62H120O6. The molecule has 0 aliphatic rings. The molecule has 1 atom stereocenters. The molecule has 1 unspecified atom stereocenters. The molecule has 0 heterocycles. The highest BCUT2D eigenvalue weighted by molar-refractivity contribution is 5.71. The van der Waals surface area contributed by atoms with Gasteiger partial charge in [-0.05, 0) is 19.3 Å². The number of carbonyl (C=O) groups excluding carboxylic acids is 3. The first kappa shape index (κ1) is 66.4. The number of esters is 3. The van der Waals surface area contributed by atoms with Gasteiger partial charge in [0.15, 0.2) is 6.10 Å². The Kier molecular flexibility index (Phi) is 56.6. The van der Waals surface area contributed by atoms with Crippen LogP contribution >= 0.6 is 0 Å². The maximum absolute atomic E-state index is 12.9. The number of unbranched alkanes of at least 4 members (excludes halogenated alkanes) is 47. The molecule has 0 bridgehead atoms. The van der Waals surface area contributed by atoms with E-state index in [1.807, 2.05) is 0 Å². The minimum Gasteiger partial charge on any atom is -0.462 e. The van der Waals surface area contributed by atoms with Crippen LogP contribution < -0.4 is 0 Å². The molecule has 0 amide bonds. The zero-order valence-corrected chi connectivity index (χ0v) is 46.4. The zero-order chi connectivity index (χ0) is 49.3. The average Bonchev–Trinajstić information content (AvgIpc) is 3.34. The lowest BCUT2D eigenvalue weighted by molar-refractivity contribution is -0.167. The van der Waals surface area contributed by atoms with Crippen LogP contribution in [0, 0.1) is 0 Å². The normalized spacial score (nSPS) is 11.9. The van der Waals surface area contributed by atoms with Crippen molar-refractivity contribution in [2.24, 2.45) is 0 Å². The summed E-state index contributed by atoms with van der Waals surface area (Å²) in [6.07, 6.45) is 65.4. The summed E-state index contributed by atoms with van der Waals surface area (Å²) in [5, 5.41) is 0. The number of rotatable bonds is 58. The fourth-order valence-corrected chi connectivity index (χ4v) is 9.68. The molecule has 0 N–H and O–H groups in total. The van der Waals surface area contributed by atoms with Gasteiger partial charge in [-0.1, -0.05) is 323 Å². The number of carbonyl (C=O) groups is 3. The van der Waals surface area contributed by atoms with Gasteiger partial charge in [0, 0.05) is 19.3 Å². The van der Waals surface area contributed by atoms with Crippen LogP contribution in [-0.2, 0) is 28.6 Å². The first-order valence-electron chi connectivity index (χ1n) is 31.0. The molecule has 0 saturated carbocycles. The summed E-state index contributed by atoms with van der Waals surface area (Å²) in [7, 11) is 0. The van der Waals surface area contributed by atoms with E-state index in [0.717, 1.165) is 57.8 Å². The van der Waals surface area contributed by atoms with E-state index in [2.05, 4.69) is 20.8 Å². The van der Waals surface area contributed by atoms with Crippen LogP contribution in [0.3, 0.4) is 0 Å².